The molecule has 1 N–H and O–H groups in total. The number of benzene rings is 1. The molecule has 0 saturated carbocycles. The Balaban J connectivity index is 1.80. The lowest BCUT2D eigenvalue weighted by atomic mass is 10.0. The monoisotopic (exact) mass is 312 g/mol. The molecule has 5 heteroatoms. The molecular formula is C18H17FN2O2. The van der Waals surface area contributed by atoms with Crippen LogP contribution >= 0.6 is 0 Å². The molecule has 0 radical (unpaired) electrons. The number of halogens is 1. The minimum absolute atomic E-state index is 0.257. The molecule has 0 fully saturated rings. The van der Waals surface area contributed by atoms with E-state index in [-0.39, 0.29) is 12.4 Å². The first kappa shape index (κ1) is 15.4. The smallest absolute Gasteiger partial charge is 0.140 e. The molecule has 3 rings (SSSR count). The van der Waals surface area contributed by atoms with E-state index >= 15 is 0 Å². The van der Waals surface area contributed by atoms with Crippen molar-refractivity contribution in [3.63, 3.8) is 0 Å². The third kappa shape index (κ3) is 3.63. The summed E-state index contributed by atoms with van der Waals surface area (Å²) in [7, 11) is 0. The molecule has 2 aromatic heterocycles. The first-order valence-corrected chi connectivity index (χ1v) is 7.28. The van der Waals surface area contributed by atoms with Crippen molar-refractivity contribution >= 4 is 11.0 Å². The minimum Gasteiger partial charge on any atom is -0.487 e. The van der Waals surface area contributed by atoms with Gasteiger partial charge in [-0.1, -0.05) is 12.1 Å². The average molecular weight is 312 g/mol. The molecule has 4 nitrogen and oxygen atoms in total. The van der Waals surface area contributed by atoms with Gasteiger partial charge in [0, 0.05) is 17.8 Å². The third-order valence-corrected chi connectivity index (χ3v) is 3.51. The van der Waals surface area contributed by atoms with Crippen LogP contribution in [-0.2, 0) is 12.2 Å². The van der Waals surface area contributed by atoms with Crippen LogP contribution < -0.4 is 4.74 Å². The summed E-state index contributed by atoms with van der Waals surface area (Å²) in [5.41, 5.74) is 1.84. The van der Waals surface area contributed by atoms with Gasteiger partial charge in [0.2, 0.25) is 0 Å². The van der Waals surface area contributed by atoms with E-state index in [1.165, 1.54) is 12.1 Å². The molecule has 0 saturated heterocycles. The highest BCUT2D eigenvalue weighted by molar-refractivity contribution is 5.75. The Morgan fingerprint density at radius 3 is 2.57 bits per heavy atom. The highest BCUT2D eigenvalue weighted by Crippen LogP contribution is 2.24. The molecule has 0 aliphatic heterocycles. The predicted octanol–water partition coefficient (Wildman–Crippen LogP) is 3.58. The van der Waals surface area contributed by atoms with Gasteiger partial charge < -0.3 is 9.84 Å². The van der Waals surface area contributed by atoms with Gasteiger partial charge in [-0.3, -0.25) is 9.97 Å². The fourth-order valence-corrected chi connectivity index (χ4v) is 2.19. The predicted molar refractivity (Wildman–Crippen MR) is 85.5 cm³/mol. The molecule has 23 heavy (non-hydrogen) atoms. The van der Waals surface area contributed by atoms with Crippen LogP contribution in [0.1, 0.15) is 25.0 Å². The first-order chi connectivity index (χ1) is 10.9. The Morgan fingerprint density at radius 2 is 1.83 bits per heavy atom. The zero-order valence-electron chi connectivity index (χ0n) is 13.0. The summed E-state index contributed by atoms with van der Waals surface area (Å²) < 4.78 is 18.8. The van der Waals surface area contributed by atoms with Crippen LogP contribution in [0.3, 0.4) is 0 Å². The first-order valence-electron chi connectivity index (χ1n) is 7.28. The Hall–Kier alpha value is -2.53. The van der Waals surface area contributed by atoms with Crippen molar-refractivity contribution in [2.45, 2.75) is 26.1 Å². The Labute approximate surface area is 133 Å². The van der Waals surface area contributed by atoms with Gasteiger partial charge in [-0.05, 0) is 37.6 Å². The van der Waals surface area contributed by atoms with Crippen LogP contribution in [0.25, 0.3) is 11.0 Å². The molecule has 2 heterocycles. The van der Waals surface area contributed by atoms with Crippen LogP contribution in [0, 0.1) is 5.82 Å². The van der Waals surface area contributed by atoms with Crippen molar-refractivity contribution in [1.82, 2.24) is 9.97 Å². The standard InChI is InChI=1S/C18H17FN2O2/c1-18(2,22)13-7-16-17(20-9-13)8-15(10-21-16)23-11-12-4-3-5-14(19)6-12/h3-10,22H,11H2,1-2H3. The number of rotatable bonds is 4. The van der Waals surface area contributed by atoms with Crippen molar-refractivity contribution < 1.29 is 14.2 Å². The molecular weight excluding hydrogens is 295 g/mol. The van der Waals surface area contributed by atoms with E-state index < -0.39 is 5.60 Å². The van der Waals surface area contributed by atoms with Crippen LogP contribution in [-0.4, -0.2) is 15.1 Å². The number of fused-ring (bicyclic) bond motifs is 1. The van der Waals surface area contributed by atoms with E-state index in [0.29, 0.717) is 22.3 Å². The summed E-state index contributed by atoms with van der Waals surface area (Å²) in [5, 5.41) is 10.0. The molecule has 0 bridgehead atoms. The van der Waals surface area contributed by atoms with Crippen LogP contribution in [0.5, 0.6) is 5.75 Å². The maximum absolute atomic E-state index is 13.1. The number of hydrogen-bond acceptors (Lipinski definition) is 4. The van der Waals surface area contributed by atoms with Crippen molar-refractivity contribution in [3.05, 3.63) is 65.7 Å². The summed E-state index contributed by atoms with van der Waals surface area (Å²) in [5.74, 6) is 0.272. The van der Waals surface area contributed by atoms with Gasteiger partial charge >= 0.3 is 0 Å². The SMILES string of the molecule is CC(C)(O)c1cnc2cc(OCc3cccc(F)c3)cnc2c1. The van der Waals surface area contributed by atoms with E-state index in [2.05, 4.69) is 9.97 Å². The summed E-state index contributed by atoms with van der Waals surface area (Å²) >= 11 is 0. The van der Waals surface area contributed by atoms with Gasteiger partial charge in [0.15, 0.2) is 0 Å². The molecule has 118 valence electrons. The van der Waals surface area contributed by atoms with Crippen molar-refractivity contribution in [2.24, 2.45) is 0 Å². The molecule has 0 unspecified atom stereocenters. The average Bonchev–Trinajstić information content (AvgIpc) is 2.51. The maximum Gasteiger partial charge on any atom is 0.140 e. The number of hydrogen-bond donors (Lipinski definition) is 1. The van der Waals surface area contributed by atoms with Gasteiger partial charge in [-0.2, -0.15) is 0 Å². The molecule has 0 spiro atoms. The summed E-state index contributed by atoms with van der Waals surface area (Å²) in [6.45, 7) is 3.66. The highest BCUT2D eigenvalue weighted by Gasteiger charge is 2.17. The fourth-order valence-electron chi connectivity index (χ4n) is 2.19. The Kier molecular flexibility index (Phi) is 3.96. The molecule has 0 atom stereocenters. The highest BCUT2D eigenvalue weighted by atomic mass is 19.1. The van der Waals surface area contributed by atoms with Gasteiger partial charge in [0.25, 0.3) is 0 Å². The van der Waals surface area contributed by atoms with Crippen molar-refractivity contribution in [3.8, 4) is 5.75 Å². The number of nitrogens with zero attached hydrogens (tertiary/aromatic N) is 2. The van der Waals surface area contributed by atoms with Crippen LogP contribution in [0.15, 0.2) is 48.8 Å². The van der Waals surface area contributed by atoms with Crippen LogP contribution in [0.2, 0.25) is 0 Å². The largest absolute Gasteiger partial charge is 0.487 e. The summed E-state index contributed by atoms with van der Waals surface area (Å²) in [6, 6.07) is 9.85. The Bertz CT molecular complexity index is 844. The van der Waals surface area contributed by atoms with Gasteiger partial charge in [0.05, 0.1) is 22.8 Å². The lowest BCUT2D eigenvalue weighted by Crippen LogP contribution is -2.15. The second-order valence-corrected chi connectivity index (χ2v) is 5.91. The zero-order chi connectivity index (χ0) is 16.4. The van der Waals surface area contributed by atoms with Crippen molar-refractivity contribution in [2.75, 3.05) is 0 Å². The fraction of sp³-hybridized carbons (Fsp3) is 0.222. The quantitative estimate of drug-likeness (QED) is 0.800. The van der Waals surface area contributed by atoms with E-state index in [0.717, 1.165) is 5.56 Å². The maximum atomic E-state index is 13.1. The second-order valence-electron chi connectivity index (χ2n) is 5.91. The molecule has 0 aliphatic rings. The van der Waals surface area contributed by atoms with Gasteiger partial charge in [0.1, 0.15) is 18.2 Å². The number of aliphatic hydroxyl groups is 1. The van der Waals surface area contributed by atoms with E-state index in [1.807, 2.05) is 0 Å². The molecule has 1 aromatic carbocycles. The minimum atomic E-state index is -0.963. The number of pyridine rings is 2. The number of aromatic nitrogens is 2. The van der Waals surface area contributed by atoms with Crippen molar-refractivity contribution in [1.29, 1.82) is 0 Å². The topological polar surface area (TPSA) is 55.2 Å². The normalized spacial score (nSPS) is 11.7. The van der Waals surface area contributed by atoms with E-state index in [1.54, 1.807) is 50.5 Å². The second kappa shape index (κ2) is 5.93. The summed E-state index contributed by atoms with van der Waals surface area (Å²) in [4.78, 5) is 8.63. The molecule has 3 aromatic rings. The van der Waals surface area contributed by atoms with Crippen LogP contribution in [0.4, 0.5) is 4.39 Å². The summed E-state index contributed by atoms with van der Waals surface area (Å²) in [6.07, 6.45) is 3.22. The molecule has 0 amide bonds. The number of ether oxygens (including phenoxy) is 1. The van der Waals surface area contributed by atoms with Gasteiger partial charge in [-0.15, -0.1) is 0 Å². The van der Waals surface area contributed by atoms with E-state index in [4.69, 9.17) is 4.74 Å². The lowest BCUT2D eigenvalue weighted by molar-refractivity contribution is 0.0784. The third-order valence-electron chi connectivity index (χ3n) is 3.51. The van der Waals surface area contributed by atoms with E-state index in [9.17, 15) is 9.50 Å². The van der Waals surface area contributed by atoms with Gasteiger partial charge in [-0.25, -0.2) is 4.39 Å². The zero-order valence-corrected chi connectivity index (χ0v) is 13.0. The Morgan fingerprint density at radius 1 is 1.09 bits per heavy atom. The lowest BCUT2D eigenvalue weighted by Gasteiger charge is -2.17. The molecule has 0 aliphatic carbocycles.